The molecule has 2 aromatic carbocycles. The zero-order valence-corrected chi connectivity index (χ0v) is 21.5. The minimum Gasteiger partial charge on any atom is -0.354 e. The second kappa shape index (κ2) is 10.4. The van der Waals surface area contributed by atoms with Crippen LogP contribution in [0.2, 0.25) is 0 Å². The highest BCUT2D eigenvalue weighted by Crippen LogP contribution is 2.42. The van der Waals surface area contributed by atoms with Gasteiger partial charge in [0.1, 0.15) is 0 Å². The normalized spacial score (nSPS) is 23.8. The van der Waals surface area contributed by atoms with Gasteiger partial charge >= 0.3 is 12.4 Å². The minimum atomic E-state index is -4.96. The van der Waals surface area contributed by atoms with Crippen molar-refractivity contribution in [3.63, 3.8) is 0 Å². The summed E-state index contributed by atoms with van der Waals surface area (Å²) in [6.45, 7) is 5.68. The molecule has 3 aliphatic rings. The number of aromatic nitrogens is 1. The Hall–Kier alpha value is -3.18. The highest BCUT2D eigenvalue weighted by atomic mass is 32.1. The lowest BCUT2D eigenvalue weighted by atomic mass is 9.73. The van der Waals surface area contributed by atoms with Crippen LogP contribution < -0.4 is 10.6 Å². The molecular formula is C28H26F6N4S. The molecule has 3 aromatic rings. The molecule has 4 nitrogen and oxygen atoms in total. The van der Waals surface area contributed by atoms with E-state index < -0.39 is 29.2 Å². The molecule has 39 heavy (non-hydrogen) atoms. The first-order valence-electron chi connectivity index (χ1n) is 12.5. The Morgan fingerprint density at radius 3 is 2.36 bits per heavy atom. The quantitative estimate of drug-likeness (QED) is 0.195. The standard InChI is InChI=1S/C28H26F6N4S/c1-2-16-15-38-10-8-17(16)11-24(38)25(22-7-9-35-23-6-4-3-5-21(22)23)37-26(39)36-20-13-18(27(29,30)31)12-19(14-20)28(32,33)34/h2-7,9,12-14,16-17,24-25H,1,8,10-11,15H2,(H2,36,37,39)/t16?,17-,24+,25+/m1/s1. The van der Waals surface area contributed by atoms with Crippen molar-refractivity contribution in [3.05, 3.63) is 84.1 Å². The van der Waals surface area contributed by atoms with E-state index in [9.17, 15) is 26.3 Å². The fraction of sp³-hybridized carbons (Fsp3) is 0.357. The minimum absolute atomic E-state index is 0.00208. The van der Waals surface area contributed by atoms with Crippen molar-refractivity contribution in [2.45, 2.75) is 37.3 Å². The number of rotatable bonds is 5. The number of thiocarbonyl (C=S) groups is 1. The molecule has 5 atom stereocenters. The maximum absolute atomic E-state index is 13.4. The van der Waals surface area contributed by atoms with Gasteiger partial charge in [0.15, 0.2) is 5.11 Å². The number of pyridine rings is 1. The number of nitrogens with one attached hydrogen (secondary N) is 2. The van der Waals surface area contributed by atoms with Gasteiger partial charge in [-0.05, 0) is 79.3 Å². The number of benzene rings is 2. The Morgan fingerprint density at radius 1 is 1.05 bits per heavy atom. The van der Waals surface area contributed by atoms with Crippen LogP contribution in [-0.2, 0) is 12.4 Å². The molecular weight excluding hydrogens is 538 g/mol. The molecule has 0 spiro atoms. The van der Waals surface area contributed by atoms with Crippen molar-refractivity contribution >= 4 is 33.9 Å². The first kappa shape index (κ1) is 27.4. The Kier molecular flexibility index (Phi) is 7.32. The van der Waals surface area contributed by atoms with E-state index in [-0.39, 0.29) is 23.3 Å². The highest BCUT2D eigenvalue weighted by Gasteiger charge is 2.43. The lowest BCUT2D eigenvalue weighted by Crippen LogP contribution is -2.57. The van der Waals surface area contributed by atoms with Crippen LogP contribution in [-0.4, -0.2) is 34.1 Å². The van der Waals surface area contributed by atoms with E-state index in [1.807, 2.05) is 36.4 Å². The number of hydrogen-bond donors (Lipinski definition) is 2. The fourth-order valence-electron chi connectivity index (χ4n) is 5.83. The summed E-state index contributed by atoms with van der Waals surface area (Å²) in [5.74, 6) is 0.787. The molecule has 0 saturated carbocycles. The van der Waals surface area contributed by atoms with Gasteiger partial charge < -0.3 is 10.6 Å². The molecule has 6 rings (SSSR count). The Labute approximate surface area is 227 Å². The van der Waals surface area contributed by atoms with E-state index in [0.717, 1.165) is 42.4 Å². The monoisotopic (exact) mass is 564 g/mol. The van der Waals surface area contributed by atoms with Crippen LogP contribution in [0.5, 0.6) is 0 Å². The molecule has 3 saturated heterocycles. The first-order valence-corrected chi connectivity index (χ1v) is 12.9. The molecule has 0 amide bonds. The Morgan fingerprint density at radius 2 is 1.74 bits per heavy atom. The molecule has 3 fully saturated rings. The Balaban J connectivity index is 1.48. The van der Waals surface area contributed by atoms with Crippen LogP contribution in [0.4, 0.5) is 32.0 Å². The fourth-order valence-corrected chi connectivity index (χ4v) is 6.07. The molecule has 4 heterocycles. The third-order valence-electron chi connectivity index (χ3n) is 7.69. The van der Waals surface area contributed by atoms with Gasteiger partial charge in [0.25, 0.3) is 0 Å². The zero-order chi connectivity index (χ0) is 27.9. The summed E-state index contributed by atoms with van der Waals surface area (Å²) in [5, 5.41) is 6.65. The van der Waals surface area contributed by atoms with Gasteiger partial charge in [-0.3, -0.25) is 9.88 Å². The molecule has 1 aromatic heterocycles. The SMILES string of the molecule is C=CC1CN2CC[C@@H]1C[C@H]2[C@@H](NC(=S)Nc1cc(C(F)(F)F)cc(C(F)(F)F)c1)c1ccnc2ccccc12. The summed E-state index contributed by atoms with van der Waals surface area (Å²) in [6.07, 6.45) is -4.37. The summed E-state index contributed by atoms with van der Waals surface area (Å²) < 4.78 is 80.3. The lowest BCUT2D eigenvalue weighted by Gasteiger charge is -2.52. The third-order valence-corrected chi connectivity index (χ3v) is 7.91. The van der Waals surface area contributed by atoms with Crippen LogP contribution in [0.1, 0.15) is 35.6 Å². The summed E-state index contributed by atoms with van der Waals surface area (Å²) >= 11 is 5.47. The number of nitrogens with zero attached hydrogens (tertiary/aromatic N) is 2. The number of hydrogen-bond acceptors (Lipinski definition) is 3. The topological polar surface area (TPSA) is 40.2 Å². The average molecular weight is 565 g/mol. The van der Waals surface area contributed by atoms with Gasteiger partial charge in [0.2, 0.25) is 0 Å². The van der Waals surface area contributed by atoms with Crippen molar-refractivity contribution in [3.8, 4) is 0 Å². The van der Waals surface area contributed by atoms with Crippen molar-refractivity contribution in [1.29, 1.82) is 0 Å². The van der Waals surface area contributed by atoms with Gasteiger partial charge in [-0.1, -0.05) is 24.3 Å². The van der Waals surface area contributed by atoms with Gasteiger partial charge in [0, 0.05) is 29.9 Å². The number of fused-ring (bicyclic) bond motifs is 4. The van der Waals surface area contributed by atoms with E-state index >= 15 is 0 Å². The zero-order valence-electron chi connectivity index (χ0n) is 20.7. The van der Waals surface area contributed by atoms with Crippen molar-refractivity contribution in [2.24, 2.45) is 11.8 Å². The lowest BCUT2D eigenvalue weighted by molar-refractivity contribution is -0.143. The molecule has 2 unspecified atom stereocenters. The average Bonchev–Trinajstić information content (AvgIpc) is 2.90. The number of anilines is 1. The van der Waals surface area contributed by atoms with Crippen molar-refractivity contribution in [1.82, 2.24) is 15.2 Å². The smallest absolute Gasteiger partial charge is 0.354 e. The van der Waals surface area contributed by atoms with E-state index in [1.165, 1.54) is 0 Å². The Bertz CT molecular complexity index is 1350. The molecule has 0 aliphatic carbocycles. The van der Waals surface area contributed by atoms with Crippen LogP contribution in [0.15, 0.2) is 67.4 Å². The van der Waals surface area contributed by atoms with Crippen LogP contribution in [0.25, 0.3) is 10.9 Å². The summed E-state index contributed by atoms with van der Waals surface area (Å²) in [4.78, 5) is 6.79. The maximum Gasteiger partial charge on any atom is 0.416 e. The number of alkyl halides is 6. The largest absolute Gasteiger partial charge is 0.416 e. The molecule has 11 heteroatoms. The van der Waals surface area contributed by atoms with Gasteiger partial charge in [0.05, 0.1) is 22.7 Å². The second-order valence-corrected chi connectivity index (χ2v) is 10.4. The van der Waals surface area contributed by atoms with Gasteiger partial charge in [-0.2, -0.15) is 26.3 Å². The second-order valence-electron chi connectivity index (χ2n) is 10.0. The number of piperidine rings is 3. The maximum atomic E-state index is 13.4. The van der Waals surface area contributed by atoms with Crippen molar-refractivity contribution < 1.29 is 26.3 Å². The predicted molar refractivity (Wildman–Crippen MR) is 142 cm³/mol. The summed E-state index contributed by atoms with van der Waals surface area (Å²) in [5.41, 5.74) is -1.55. The first-order chi connectivity index (χ1) is 18.4. The molecule has 2 N–H and O–H groups in total. The third kappa shape index (κ3) is 5.74. The van der Waals surface area contributed by atoms with Gasteiger partial charge in [-0.15, -0.1) is 6.58 Å². The highest BCUT2D eigenvalue weighted by molar-refractivity contribution is 7.80. The molecule has 2 bridgehead atoms. The molecule has 0 radical (unpaired) electrons. The number of halogens is 6. The van der Waals surface area contributed by atoms with Gasteiger partial charge in [-0.25, -0.2) is 0 Å². The summed E-state index contributed by atoms with van der Waals surface area (Å²) in [6, 6.07) is 10.4. The van der Waals surface area contributed by atoms with Crippen LogP contribution in [0.3, 0.4) is 0 Å². The van der Waals surface area contributed by atoms with E-state index in [1.54, 1.807) is 6.20 Å². The number of para-hydroxylation sites is 1. The molecule has 206 valence electrons. The predicted octanol–water partition coefficient (Wildman–Crippen LogP) is 7.20. The van der Waals surface area contributed by atoms with Crippen LogP contribution in [0, 0.1) is 11.8 Å². The van der Waals surface area contributed by atoms with Crippen molar-refractivity contribution in [2.75, 3.05) is 18.4 Å². The molecule has 3 aliphatic heterocycles. The van der Waals surface area contributed by atoms with Crippen LogP contribution >= 0.6 is 12.2 Å². The summed E-state index contributed by atoms with van der Waals surface area (Å²) in [7, 11) is 0. The van der Waals surface area contributed by atoms with E-state index in [0.29, 0.717) is 24.0 Å². The van der Waals surface area contributed by atoms with E-state index in [4.69, 9.17) is 12.2 Å². The van der Waals surface area contributed by atoms with E-state index in [2.05, 4.69) is 27.1 Å².